The van der Waals surface area contributed by atoms with Gasteiger partial charge in [0.2, 0.25) is 0 Å². The van der Waals surface area contributed by atoms with Gasteiger partial charge < -0.3 is 10.1 Å². The summed E-state index contributed by atoms with van der Waals surface area (Å²) in [4.78, 5) is 4.49. The second-order valence-corrected chi connectivity index (χ2v) is 5.15. The molecule has 0 bridgehead atoms. The lowest BCUT2D eigenvalue weighted by Crippen LogP contribution is -2.23. The van der Waals surface area contributed by atoms with Crippen molar-refractivity contribution < 1.29 is 4.74 Å². The number of methoxy groups -OCH3 is 1. The Morgan fingerprint density at radius 3 is 2.57 bits per heavy atom. The second kappa shape index (κ2) is 8.42. The molecule has 0 saturated carbocycles. The third-order valence-electron chi connectivity index (χ3n) is 3.57. The van der Waals surface area contributed by atoms with E-state index in [1.165, 1.54) is 5.56 Å². The maximum atomic E-state index is 5.19. The van der Waals surface area contributed by atoms with Crippen molar-refractivity contribution in [3.8, 4) is 5.75 Å². The van der Waals surface area contributed by atoms with Crippen molar-refractivity contribution in [3.63, 3.8) is 0 Å². The number of rotatable bonds is 8. The van der Waals surface area contributed by atoms with Crippen LogP contribution in [0.3, 0.4) is 0 Å². The maximum absolute atomic E-state index is 5.19. The van der Waals surface area contributed by atoms with Crippen molar-refractivity contribution in [2.24, 2.45) is 0 Å². The second-order valence-electron chi connectivity index (χ2n) is 5.15. The number of nitrogens with one attached hydrogen (secondary N) is 1. The summed E-state index contributed by atoms with van der Waals surface area (Å²) in [6.07, 6.45) is 5.07. The first kappa shape index (κ1) is 15.5. The van der Waals surface area contributed by atoms with Crippen LogP contribution in [-0.2, 0) is 6.42 Å². The van der Waals surface area contributed by atoms with Crippen LogP contribution >= 0.6 is 0 Å². The molecule has 1 atom stereocenters. The van der Waals surface area contributed by atoms with E-state index in [4.69, 9.17) is 4.74 Å². The molecular formula is C18H24N2O. The standard InChI is InChI=1S/C18H24N2O/c1-3-13-19-18(17-6-4-5-14-20-17)12-9-15-7-10-16(21-2)11-8-15/h4-8,10-11,14,18-19H,3,9,12-13H2,1-2H3. The molecule has 1 aromatic heterocycles. The highest BCUT2D eigenvalue weighted by Gasteiger charge is 2.11. The Kier molecular flexibility index (Phi) is 6.22. The molecule has 2 rings (SSSR count). The Morgan fingerprint density at radius 2 is 1.95 bits per heavy atom. The highest BCUT2D eigenvalue weighted by atomic mass is 16.5. The van der Waals surface area contributed by atoms with Crippen LogP contribution in [0.5, 0.6) is 5.75 Å². The van der Waals surface area contributed by atoms with Gasteiger partial charge in [-0.2, -0.15) is 0 Å². The van der Waals surface area contributed by atoms with E-state index in [0.29, 0.717) is 6.04 Å². The predicted molar refractivity (Wildman–Crippen MR) is 86.6 cm³/mol. The quantitative estimate of drug-likeness (QED) is 0.801. The van der Waals surface area contributed by atoms with E-state index in [1.807, 2.05) is 24.4 Å². The molecule has 1 heterocycles. The third kappa shape index (κ3) is 4.87. The minimum Gasteiger partial charge on any atom is -0.497 e. The zero-order valence-electron chi connectivity index (χ0n) is 12.9. The lowest BCUT2D eigenvalue weighted by Gasteiger charge is -2.18. The average molecular weight is 284 g/mol. The number of hydrogen-bond acceptors (Lipinski definition) is 3. The van der Waals surface area contributed by atoms with E-state index in [0.717, 1.165) is 37.3 Å². The minimum atomic E-state index is 0.313. The third-order valence-corrected chi connectivity index (χ3v) is 3.57. The van der Waals surface area contributed by atoms with Crippen LogP contribution in [0.25, 0.3) is 0 Å². The number of nitrogens with zero attached hydrogens (tertiary/aromatic N) is 1. The van der Waals surface area contributed by atoms with Crippen LogP contribution < -0.4 is 10.1 Å². The summed E-state index contributed by atoms with van der Waals surface area (Å²) in [5.74, 6) is 0.907. The molecule has 0 amide bonds. The zero-order valence-corrected chi connectivity index (χ0v) is 12.9. The smallest absolute Gasteiger partial charge is 0.118 e. The average Bonchev–Trinajstić information content (AvgIpc) is 2.56. The highest BCUT2D eigenvalue weighted by molar-refractivity contribution is 5.27. The molecule has 0 aliphatic carbocycles. The molecule has 0 aliphatic heterocycles. The van der Waals surface area contributed by atoms with Crippen molar-refractivity contribution in [2.75, 3.05) is 13.7 Å². The van der Waals surface area contributed by atoms with Crippen LogP contribution in [0.15, 0.2) is 48.7 Å². The van der Waals surface area contributed by atoms with E-state index < -0.39 is 0 Å². The molecule has 0 fully saturated rings. The fraction of sp³-hybridized carbons (Fsp3) is 0.389. The normalized spacial score (nSPS) is 12.1. The first-order chi connectivity index (χ1) is 10.3. The SMILES string of the molecule is CCCNC(CCc1ccc(OC)cc1)c1ccccn1. The van der Waals surface area contributed by atoms with Crippen molar-refractivity contribution in [1.82, 2.24) is 10.3 Å². The van der Waals surface area contributed by atoms with E-state index in [1.54, 1.807) is 7.11 Å². The predicted octanol–water partition coefficient (Wildman–Crippen LogP) is 3.76. The van der Waals surface area contributed by atoms with Gasteiger partial charge in [-0.25, -0.2) is 0 Å². The van der Waals surface area contributed by atoms with Crippen molar-refractivity contribution in [3.05, 3.63) is 59.9 Å². The number of aryl methyl sites for hydroxylation is 1. The largest absolute Gasteiger partial charge is 0.497 e. The summed E-state index contributed by atoms with van der Waals surface area (Å²) in [7, 11) is 1.70. The molecular weight excluding hydrogens is 260 g/mol. The molecule has 0 radical (unpaired) electrons. The molecule has 2 aromatic rings. The summed E-state index contributed by atoms with van der Waals surface area (Å²) >= 11 is 0. The molecule has 0 aliphatic rings. The van der Waals surface area contributed by atoms with E-state index >= 15 is 0 Å². The van der Waals surface area contributed by atoms with Crippen molar-refractivity contribution in [2.45, 2.75) is 32.2 Å². The fourth-order valence-corrected chi connectivity index (χ4v) is 2.36. The highest BCUT2D eigenvalue weighted by Crippen LogP contribution is 2.19. The number of ether oxygens (including phenoxy) is 1. The molecule has 1 unspecified atom stereocenters. The van der Waals surface area contributed by atoms with Gasteiger partial charge in [0.05, 0.1) is 12.8 Å². The molecule has 3 heteroatoms. The van der Waals surface area contributed by atoms with Gasteiger partial charge in [-0.1, -0.05) is 25.1 Å². The van der Waals surface area contributed by atoms with E-state index in [2.05, 4.69) is 41.5 Å². The van der Waals surface area contributed by atoms with E-state index in [-0.39, 0.29) is 0 Å². The lowest BCUT2D eigenvalue weighted by molar-refractivity contribution is 0.414. The summed E-state index contributed by atoms with van der Waals surface area (Å²) in [5, 5.41) is 3.59. The lowest BCUT2D eigenvalue weighted by atomic mass is 10.0. The summed E-state index contributed by atoms with van der Waals surface area (Å²) in [6.45, 7) is 3.20. The first-order valence-corrected chi connectivity index (χ1v) is 7.60. The molecule has 112 valence electrons. The summed E-state index contributed by atoms with van der Waals surface area (Å²) < 4.78 is 5.19. The minimum absolute atomic E-state index is 0.313. The van der Waals surface area contributed by atoms with Crippen LogP contribution in [0.4, 0.5) is 0 Å². The number of aromatic nitrogens is 1. The zero-order chi connectivity index (χ0) is 14.9. The monoisotopic (exact) mass is 284 g/mol. The van der Waals surface area contributed by atoms with Gasteiger partial charge >= 0.3 is 0 Å². The van der Waals surface area contributed by atoms with E-state index in [9.17, 15) is 0 Å². The first-order valence-electron chi connectivity index (χ1n) is 7.60. The van der Waals surface area contributed by atoms with Gasteiger partial charge in [0.1, 0.15) is 5.75 Å². The Labute approximate surface area is 127 Å². The number of benzene rings is 1. The number of hydrogen-bond donors (Lipinski definition) is 1. The topological polar surface area (TPSA) is 34.1 Å². The van der Waals surface area contributed by atoms with Gasteiger partial charge in [0.25, 0.3) is 0 Å². The van der Waals surface area contributed by atoms with Gasteiger partial charge in [0.15, 0.2) is 0 Å². The maximum Gasteiger partial charge on any atom is 0.118 e. The van der Waals surface area contributed by atoms with Crippen molar-refractivity contribution >= 4 is 0 Å². The molecule has 0 saturated heterocycles. The van der Waals surface area contributed by atoms with Crippen molar-refractivity contribution in [1.29, 1.82) is 0 Å². The van der Waals surface area contributed by atoms with Gasteiger partial charge in [-0.05, 0) is 55.6 Å². The Hall–Kier alpha value is -1.87. The Bertz CT molecular complexity index is 511. The van der Waals surface area contributed by atoms with Crippen LogP contribution in [0.1, 0.15) is 37.1 Å². The number of pyridine rings is 1. The molecule has 3 nitrogen and oxygen atoms in total. The summed E-state index contributed by atoms with van der Waals surface area (Å²) in [6, 6.07) is 14.7. The van der Waals surface area contributed by atoms with Crippen LogP contribution in [-0.4, -0.2) is 18.6 Å². The van der Waals surface area contributed by atoms with Crippen LogP contribution in [0, 0.1) is 0 Å². The molecule has 1 aromatic carbocycles. The Balaban J connectivity index is 1.97. The molecule has 0 spiro atoms. The summed E-state index contributed by atoms with van der Waals surface area (Å²) in [5.41, 5.74) is 2.45. The van der Waals surface area contributed by atoms with Gasteiger partial charge in [-0.15, -0.1) is 0 Å². The molecule has 1 N–H and O–H groups in total. The fourth-order valence-electron chi connectivity index (χ4n) is 2.36. The van der Waals surface area contributed by atoms with Gasteiger partial charge in [0, 0.05) is 12.2 Å². The molecule has 21 heavy (non-hydrogen) atoms. The Morgan fingerprint density at radius 1 is 1.14 bits per heavy atom. The van der Waals surface area contributed by atoms with Crippen LogP contribution in [0.2, 0.25) is 0 Å². The van der Waals surface area contributed by atoms with Gasteiger partial charge in [-0.3, -0.25) is 4.98 Å².